The molecule has 0 amide bonds. The zero-order valence-corrected chi connectivity index (χ0v) is 11.2. The van der Waals surface area contributed by atoms with Crippen LogP contribution in [0.2, 0.25) is 0 Å². The summed E-state index contributed by atoms with van der Waals surface area (Å²) >= 11 is 6.44. The Morgan fingerprint density at radius 2 is 2.13 bits per heavy atom. The molecule has 1 aromatic rings. The SMILES string of the molecule is COc1cccc([C@H](Br)[C@@H](Br)C(=O)O)c1. The number of halogens is 2. The zero-order valence-electron chi connectivity index (χ0n) is 7.98. The van der Waals surface area contributed by atoms with Crippen molar-refractivity contribution in [3.63, 3.8) is 0 Å². The summed E-state index contributed by atoms with van der Waals surface area (Å²) in [6.45, 7) is 0. The van der Waals surface area contributed by atoms with Crippen LogP contribution in [0.15, 0.2) is 24.3 Å². The first-order valence-corrected chi connectivity index (χ1v) is 6.04. The van der Waals surface area contributed by atoms with Gasteiger partial charge in [-0.2, -0.15) is 0 Å². The van der Waals surface area contributed by atoms with E-state index in [1.54, 1.807) is 13.2 Å². The Balaban J connectivity index is 2.90. The van der Waals surface area contributed by atoms with Crippen molar-refractivity contribution in [1.82, 2.24) is 0 Å². The molecule has 0 spiro atoms. The quantitative estimate of drug-likeness (QED) is 0.859. The molecule has 0 heterocycles. The lowest BCUT2D eigenvalue weighted by atomic mass is 10.1. The molecule has 0 aliphatic carbocycles. The first-order valence-electron chi connectivity index (χ1n) is 4.21. The Labute approximate surface area is 105 Å². The minimum Gasteiger partial charge on any atom is -0.497 e. The van der Waals surface area contributed by atoms with Crippen LogP contribution in [0.25, 0.3) is 0 Å². The largest absolute Gasteiger partial charge is 0.497 e. The highest BCUT2D eigenvalue weighted by molar-refractivity contribution is 9.12. The van der Waals surface area contributed by atoms with E-state index in [4.69, 9.17) is 9.84 Å². The molecule has 5 heteroatoms. The molecule has 0 bridgehead atoms. The van der Waals surface area contributed by atoms with Crippen molar-refractivity contribution in [2.75, 3.05) is 7.11 Å². The zero-order chi connectivity index (χ0) is 11.4. The van der Waals surface area contributed by atoms with E-state index in [9.17, 15) is 4.79 Å². The number of hydrogen-bond acceptors (Lipinski definition) is 2. The Hall–Kier alpha value is -0.550. The highest BCUT2D eigenvalue weighted by Crippen LogP contribution is 2.32. The van der Waals surface area contributed by atoms with Crippen molar-refractivity contribution in [2.45, 2.75) is 9.65 Å². The van der Waals surface area contributed by atoms with Crippen LogP contribution in [0.3, 0.4) is 0 Å². The average molecular weight is 338 g/mol. The highest BCUT2D eigenvalue weighted by atomic mass is 79.9. The van der Waals surface area contributed by atoms with E-state index >= 15 is 0 Å². The van der Waals surface area contributed by atoms with Gasteiger partial charge >= 0.3 is 5.97 Å². The summed E-state index contributed by atoms with van der Waals surface area (Å²) in [6.07, 6.45) is 0. The van der Waals surface area contributed by atoms with Crippen molar-refractivity contribution < 1.29 is 14.6 Å². The highest BCUT2D eigenvalue weighted by Gasteiger charge is 2.24. The van der Waals surface area contributed by atoms with E-state index < -0.39 is 10.8 Å². The maximum Gasteiger partial charge on any atom is 0.318 e. The van der Waals surface area contributed by atoms with E-state index in [-0.39, 0.29) is 4.83 Å². The number of hydrogen-bond donors (Lipinski definition) is 1. The molecule has 0 aliphatic rings. The topological polar surface area (TPSA) is 46.5 Å². The molecule has 82 valence electrons. The Morgan fingerprint density at radius 3 is 2.67 bits per heavy atom. The van der Waals surface area contributed by atoms with Gasteiger partial charge in [0.15, 0.2) is 0 Å². The Bertz CT molecular complexity index is 354. The summed E-state index contributed by atoms with van der Waals surface area (Å²) in [5, 5.41) is 8.83. The number of carboxylic acids is 1. The molecule has 0 saturated heterocycles. The third-order valence-electron chi connectivity index (χ3n) is 1.91. The van der Waals surface area contributed by atoms with Gasteiger partial charge in [0.1, 0.15) is 10.6 Å². The van der Waals surface area contributed by atoms with E-state index in [0.29, 0.717) is 5.75 Å². The van der Waals surface area contributed by atoms with Crippen LogP contribution in [-0.4, -0.2) is 23.0 Å². The summed E-state index contributed by atoms with van der Waals surface area (Å²) in [5.74, 6) is -0.193. The van der Waals surface area contributed by atoms with Gasteiger partial charge in [-0.3, -0.25) is 4.79 Å². The molecule has 15 heavy (non-hydrogen) atoms. The summed E-state index contributed by atoms with van der Waals surface area (Å²) in [5.41, 5.74) is 0.860. The summed E-state index contributed by atoms with van der Waals surface area (Å²) in [4.78, 5) is 9.81. The molecule has 1 aromatic carbocycles. The molecular weight excluding hydrogens is 328 g/mol. The second-order valence-electron chi connectivity index (χ2n) is 2.92. The van der Waals surface area contributed by atoms with Gasteiger partial charge in [0.25, 0.3) is 0 Å². The number of alkyl halides is 2. The smallest absolute Gasteiger partial charge is 0.318 e. The van der Waals surface area contributed by atoms with Gasteiger partial charge < -0.3 is 9.84 Å². The number of carbonyl (C=O) groups is 1. The van der Waals surface area contributed by atoms with E-state index in [1.165, 1.54) is 0 Å². The van der Waals surface area contributed by atoms with Crippen LogP contribution >= 0.6 is 31.9 Å². The number of aliphatic carboxylic acids is 1. The van der Waals surface area contributed by atoms with Gasteiger partial charge in [0.05, 0.1) is 11.9 Å². The van der Waals surface area contributed by atoms with Crippen molar-refractivity contribution in [3.05, 3.63) is 29.8 Å². The molecule has 0 aromatic heterocycles. The van der Waals surface area contributed by atoms with Crippen LogP contribution in [0.4, 0.5) is 0 Å². The van der Waals surface area contributed by atoms with Crippen LogP contribution in [0, 0.1) is 0 Å². The predicted molar refractivity (Wildman–Crippen MR) is 65.0 cm³/mol. The standard InChI is InChI=1S/C10H10Br2O3/c1-15-7-4-2-3-6(5-7)8(11)9(12)10(13)14/h2-5,8-9H,1H3,(H,13,14)/t8-,9+/m0/s1. The molecule has 1 N–H and O–H groups in total. The Kier molecular flexibility index (Phi) is 4.60. The first-order chi connectivity index (χ1) is 7.06. The average Bonchev–Trinajstić information content (AvgIpc) is 2.27. The van der Waals surface area contributed by atoms with Gasteiger partial charge in [0.2, 0.25) is 0 Å². The third kappa shape index (κ3) is 3.21. The van der Waals surface area contributed by atoms with E-state index in [2.05, 4.69) is 31.9 Å². The van der Waals surface area contributed by atoms with Crippen molar-refractivity contribution >= 4 is 37.8 Å². The maximum atomic E-state index is 10.8. The molecule has 0 saturated carbocycles. The van der Waals surface area contributed by atoms with Crippen molar-refractivity contribution in [3.8, 4) is 5.75 Å². The van der Waals surface area contributed by atoms with Gasteiger partial charge in [-0.15, -0.1) is 0 Å². The molecule has 2 atom stereocenters. The summed E-state index contributed by atoms with van der Waals surface area (Å²) in [6, 6.07) is 7.28. The molecule has 0 aliphatic heterocycles. The second kappa shape index (κ2) is 5.51. The molecular formula is C10H10Br2O3. The number of ether oxygens (including phenoxy) is 1. The van der Waals surface area contributed by atoms with Crippen LogP contribution in [-0.2, 0) is 4.79 Å². The molecule has 3 nitrogen and oxygen atoms in total. The van der Waals surface area contributed by atoms with Gasteiger partial charge in [-0.1, -0.05) is 44.0 Å². The summed E-state index contributed by atoms with van der Waals surface area (Å²) < 4.78 is 5.06. The minimum absolute atomic E-state index is 0.287. The normalized spacial score (nSPS) is 14.3. The lowest BCUT2D eigenvalue weighted by Gasteiger charge is -2.13. The lowest BCUT2D eigenvalue weighted by molar-refractivity contribution is -0.136. The van der Waals surface area contributed by atoms with E-state index in [0.717, 1.165) is 5.56 Å². The van der Waals surface area contributed by atoms with Crippen molar-refractivity contribution in [1.29, 1.82) is 0 Å². The summed E-state index contributed by atoms with van der Waals surface area (Å²) in [7, 11) is 1.57. The molecule has 0 radical (unpaired) electrons. The predicted octanol–water partition coefficient (Wildman–Crippen LogP) is 2.98. The maximum absolute atomic E-state index is 10.8. The molecule has 1 rings (SSSR count). The first kappa shape index (κ1) is 12.5. The van der Waals surface area contributed by atoms with Crippen molar-refractivity contribution in [2.24, 2.45) is 0 Å². The number of methoxy groups -OCH3 is 1. The van der Waals surface area contributed by atoms with Crippen LogP contribution in [0.5, 0.6) is 5.75 Å². The fraction of sp³-hybridized carbons (Fsp3) is 0.300. The van der Waals surface area contributed by atoms with Gasteiger partial charge in [-0.25, -0.2) is 0 Å². The Morgan fingerprint density at radius 1 is 1.47 bits per heavy atom. The molecule has 0 fully saturated rings. The molecule has 0 unspecified atom stereocenters. The van der Waals surface area contributed by atoms with Crippen LogP contribution in [0.1, 0.15) is 10.4 Å². The monoisotopic (exact) mass is 336 g/mol. The fourth-order valence-corrected chi connectivity index (χ4v) is 1.92. The fourth-order valence-electron chi connectivity index (χ4n) is 1.11. The number of carboxylic acid groups (broad SMARTS) is 1. The second-order valence-corrected chi connectivity index (χ2v) is 4.89. The van der Waals surface area contributed by atoms with Gasteiger partial charge in [-0.05, 0) is 17.7 Å². The number of benzene rings is 1. The van der Waals surface area contributed by atoms with E-state index in [1.807, 2.05) is 18.2 Å². The minimum atomic E-state index is -0.903. The number of rotatable bonds is 4. The lowest BCUT2D eigenvalue weighted by Crippen LogP contribution is -2.17. The van der Waals surface area contributed by atoms with Crippen LogP contribution < -0.4 is 4.74 Å². The van der Waals surface area contributed by atoms with Gasteiger partial charge in [0, 0.05) is 0 Å². The third-order valence-corrected chi connectivity index (χ3v) is 4.59.